The highest BCUT2D eigenvalue weighted by atomic mass is 19.1. The van der Waals surface area contributed by atoms with Crippen LogP contribution < -0.4 is 14.8 Å². The van der Waals surface area contributed by atoms with Crippen molar-refractivity contribution in [2.75, 3.05) is 19.8 Å². The van der Waals surface area contributed by atoms with E-state index < -0.39 is 0 Å². The minimum Gasteiger partial charge on any atom is -0.490 e. The van der Waals surface area contributed by atoms with Crippen molar-refractivity contribution in [3.63, 3.8) is 0 Å². The number of benzene rings is 2. The average Bonchev–Trinajstić information content (AvgIpc) is 3.43. The van der Waals surface area contributed by atoms with Gasteiger partial charge >= 0.3 is 0 Å². The Morgan fingerprint density at radius 3 is 2.31 bits per heavy atom. The lowest BCUT2D eigenvalue weighted by Gasteiger charge is -2.17. The third kappa shape index (κ3) is 3.98. The van der Waals surface area contributed by atoms with Gasteiger partial charge < -0.3 is 14.8 Å². The van der Waals surface area contributed by atoms with Crippen LogP contribution in [0.1, 0.15) is 42.6 Å². The molecule has 0 aliphatic heterocycles. The summed E-state index contributed by atoms with van der Waals surface area (Å²) >= 11 is 0. The third-order valence-corrected chi connectivity index (χ3v) is 4.70. The van der Waals surface area contributed by atoms with E-state index in [1.165, 1.54) is 12.1 Å². The summed E-state index contributed by atoms with van der Waals surface area (Å²) in [7, 11) is 0. The zero-order valence-electron chi connectivity index (χ0n) is 15.2. The van der Waals surface area contributed by atoms with Crippen molar-refractivity contribution in [1.82, 2.24) is 5.32 Å². The van der Waals surface area contributed by atoms with E-state index in [0.717, 1.165) is 18.4 Å². The van der Waals surface area contributed by atoms with E-state index in [0.29, 0.717) is 36.8 Å². The van der Waals surface area contributed by atoms with Crippen molar-refractivity contribution in [2.24, 2.45) is 0 Å². The molecule has 0 spiro atoms. The van der Waals surface area contributed by atoms with Crippen LogP contribution in [-0.2, 0) is 5.41 Å². The molecule has 0 unspecified atom stereocenters. The fourth-order valence-electron chi connectivity index (χ4n) is 3.07. The molecule has 3 rings (SSSR count). The summed E-state index contributed by atoms with van der Waals surface area (Å²) in [5.74, 6) is 0.811. The predicted octanol–water partition coefficient (Wildman–Crippen LogP) is 4.08. The van der Waals surface area contributed by atoms with Crippen LogP contribution in [0.15, 0.2) is 42.5 Å². The van der Waals surface area contributed by atoms with Crippen LogP contribution in [0.3, 0.4) is 0 Å². The maximum Gasteiger partial charge on any atom is 0.251 e. The Bertz CT molecular complexity index is 769. The summed E-state index contributed by atoms with van der Waals surface area (Å²) in [6.45, 7) is 5.36. The lowest BCUT2D eigenvalue weighted by Crippen LogP contribution is -2.32. The molecule has 1 amide bonds. The standard InChI is InChI=1S/C21H24FNO3/c1-3-25-18-10-5-15(13-19(18)26-4-2)20(24)23-14-21(11-12-21)16-6-8-17(22)9-7-16/h5-10,13H,3-4,11-12,14H2,1-2H3,(H,23,24). The van der Waals surface area contributed by atoms with Crippen molar-refractivity contribution in [3.05, 3.63) is 59.4 Å². The summed E-state index contributed by atoms with van der Waals surface area (Å²) in [6, 6.07) is 11.8. The second-order valence-electron chi connectivity index (χ2n) is 6.50. The fraction of sp³-hybridized carbons (Fsp3) is 0.381. The van der Waals surface area contributed by atoms with Gasteiger partial charge in [-0.2, -0.15) is 0 Å². The van der Waals surface area contributed by atoms with Crippen molar-refractivity contribution in [3.8, 4) is 11.5 Å². The van der Waals surface area contributed by atoms with Crippen LogP contribution in [0.2, 0.25) is 0 Å². The largest absolute Gasteiger partial charge is 0.490 e. The van der Waals surface area contributed by atoms with E-state index in [4.69, 9.17) is 9.47 Å². The molecule has 0 heterocycles. The summed E-state index contributed by atoms with van der Waals surface area (Å²) in [5.41, 5.74) is 1.53. The highest BCUT2D eigenvalue weighted by molar-refractivity contribution is 5.95. The lowest BCUT2D eigenvalue weighted by atomic mass is 9.96. The summed E-state index contributed by atoms with van der Waals surface area (Å²) < 4.78 is 24.2. The molecule has 1 saturated carbocycles. The summed E-state index contributed by atoms with van der Waals surface area (Å²) in [5, 5.41) is 3.01. The number of rotatable bonds is 8. The highest BCUT2D eigenvalue weighted by Gasteiger charge is 2.44. The van der Waals surface area contributed by atoms with E-state index in [-0.39, 0.29) is 17.1 Å². The minimum atomic E-state index is -0.244. The monoisotopic (exact) mass is 357 g/mol. The van der Waals surface area contributed by atoms with E-state index in [1.54, 1.807) is 30.3 Å². The van der Waals surface area contributed by atoms with Gasteiger partial charge in [-0.1, -0.05) is 12.1 Å². The third-order valence-electron chi connectivity index (χ3n) is 4.70. The molecule has 2 aromatic carbocycles. The quantitative estimate of drug-likeness (QED) is 0.774. The molecular formula is C21H24FNO3. The van der Waals surface area contributed by atoms with E-state index in [9.17, 15) is 9.18 Å². The zero-order chi connectivity index (χ0) is 18.6. The smallest absolute Gasteiger partial charge is 0.251 e. The second-order valence-corrected chi connectivity index (χ2v) is 6.50. The van der Waals surface area contributed by atoms with Gasteiger partial charge in [-0.25, -0.2) is 4.39 Å². The van der Waals surface area contributed by atoms with E-state index in [2.05, 4.69) is 5.32 Å². The van der Waals surface area contributed by atoms with Gasteiger partial charge in [0.1, 0.15) is 5.82 Å². The number of hydrogen-bond acceptors (Lipinski definition) is 3. The maximum absolute atomic E-state index is 13.1. The Morgan fingerprint density at radius 1 is 1.04 bits per heavy atom. The van der Waals surface area contributed by atoms with Crippen LogP contribution >= 0.6 is 0 Å². The van der Waals surface area contributed by atoms with Gasteiger partial charge in [0.25, 0.3) is 5.91 Å². The first kappa shape index (κ1) is 18.2. The molecule has 0 radical (unpaired) electrons. The number of ether oxygens (including phenoxy) is 2. The molecule has 1 aliphatic carbocycles. The molecule has 1 N–H and O–H groups in total. The summed E-state index contributed by atoms with van der Waals surface area (Å²) in [6.07, 6.45) is 1.98. The van der Waals surface area contributed by atoms with Crippen LogP contribution in [0.5, 0.6) is 11.5 Å². The average molecular weight is 357 g/mol. The minimum absolute atomic E-state index is 0.0721. The number of amides is 1. The zero-order valence-corrected chi connectivity index (χ0v) is 15.2. The SMILES string of the molecule is CCOc1ccc(C(=O)NCC2(c3ccc(F)cc3)CC2)cc1OCC. The van der Waals surface area contributed by atoms with Crippen molar-refractivity contribution >= 4 is 5.91 Å². The topological polar surface area (TPSA) is 47.6 Å². The molecule has 0 bridgehead atoms. The van der Waals surface area contributed by atoms with E-state index in [1.807, 2.05) is 13.8 Å². The number of carbonyl (C=O) groups excluding carboxylic acids is 1. The Hall–Kier alpha value is -2.56. The number of hydrogen-bond donors (Lipinski definition) is 1. The molecule has 2 aromatic rings. The first-order valence-electron chi connectivity index (χ1n) is 9.02. The van der Waals surface area contributed by atoms with Crippen LogP contribution in [0, 0.1) is 5.82 Å². The molecule has 26 heavy (non-hydrogen) atoms. The second kappa shape index (κ2) is 7.77. The number of halogens is 1. The lowest BCUT2D eigenvalue weighted by molar-refractivity contribution is 0.0949. The Labute approximate surface area is 153 Å². The number of nitrogens with one attached hydrogen (secondary N) is 1. The van der Waals surface area contributed by atoms with Gasteiger partial charge in [-0.3, -0.25) is 4.79 Å². The predicted molar refractivity (Wildman–Crippen MR) is 98.4 cm³/mol. The van der Waals surface area contributed by atoms with Crippen molar-refractivity contribution < 1.29 is 18.7 Å². The Morgan fingerprint density at radius 2 is 1.69 bits per heavy atom. The molecule has 0 atom stereocenters. The summed E-state index contributed by atoms with van der Waals surface area (Å²) in [4.78, 5) is 12.6. The van der Waals surface area contributed by atoms with Crippen molar-refractivity contribution in [1.29, 1.82) is 0 Å². The molecule has 0 saturated heterocycles. The van der Waals surface area contributed by atoms with Crippen LogP contribution in [-0.4, -0.2) is 25.7 Å². The highest BCUT2D eigenvalue weighted by Crippen LogP contribution is 2.47. The molecule has 1 fully saturated rings. The van der Waals surface area contributed by atoms with Gasteiger partial charge in [0, 0.05) is 17.5 Å². The van der Waals surface area contributed by atoms with Crippen LogP contribution in [0.4, 0.5) is 4.39 Å². The molecule has 5 heteroatoms. The molecule has 0 aromatic heterocycles. The normalized spacial score (nSPS) is 14.6. The van der Waals surface area contributed by atoms with E-state index >= 15 is 0 Å². The van der Waals surface area contributed by atoms with Gasteiger partial charge in [0.05, 0.1) is 13.2 Å². The molecule has 1 aliphatic rings. The Balaban J connectivity index is 1.68. The van der Waals surface area contributed by atoms with Crippen LogP contribution in [0.25, 0.3) is 0 Å². The van der Waals surface area contributed by atoms with Gasteiger partial charge in [0.2, 0.25) is 0 Å². The van der Waals surface area contributed by atoms with Gasteiger partial charge in [-0.05, 0) is 62.6 Å². The Kier molecular flexibility index (Phi) is 5.45. The fourth-order valence-corrected chi connectivity index (χ4v) is 3.07. The molecule has 138 valence electrons. The first-order chi connectivity index (χ1) is 12.6. The van der Waals surface area contributed by atoms with Gasteiger partial charge in [0.15, 0.2) is 11.5 Å². The number of carbonyl (C=O) groups is 1. The maximum atomic E-state index is 13.1. The van der Waals surface area contributed by atoms with Crippen molar-refractivity contribution in [2.45, 2.75) is 32.1 Å². The molecular weight excluding hydrogens is 333 g/mol. The first-order valence-corrected chi connectivity index (χ1v) is 9.02. The van der Waals surface area contributed by atoms with Gasteiger partial charge in [-0.15, -0.1) is 0 Å². The molecule has 4 nitrogen and oxygen atoms in total.